The lowest BCUT2D eigenvalue weighted by Gasteiger charge is -2.30. The van der Waals surface area contributed by atoms with E-state index in [1.807, 2.05) is 0 Å². The Hall–Kier alpha value is -1.17. The normalized spacial score (nSPS) is 18.4. The van der Waals surface area contributed by atoms with Gasteiger partial charge < -0.3 is 15.0 Å². The van der Waals surface area contributed by atoms with E-state index in [1.54, 1.807) is 32.2 Å². The molecule has 1 aromatic carbocycles. The number of hydrogen-bond donors (Lipinski definition) is 1. The quantitative estimate of drug-likeness (QED) is 0.802. The summed E-state index contributed by atoms with van der Waals surface area (Å²) in [4.78, 5) is 24.9. The van der Waals surface area contributed by atoms with Gasteiger partial charge in [0.25, 0.3) is 15.6 Å². The molecule has 1 heterocycles. The van der Waals surface area contributed by atoms with Crippen molar-refractivity contribution in [3.63, 3.8) is 0 Å². The van der Waals surface area contributed by atoms with Crippen LogP contribution in [-0.2, 0) is 9.59 Å². The zero-order valence-electron chi connectivity index (χ0n) is 10.6. The van der Waals surface area contributed by atoms with Crippen LogP contribution in [0.4, 0.5) is 11.4 Å². The van der Waals surface area contributed by atoms with Crippen LogP contribution in [0.5, 0.6) is 5.75 Å². The Labute approximate surface area is 130 Å². The van der Waals surface area contributed by atoms with Crippen LogP contribution >= 0.6 is 34.8 Å². The maximum atomic E-state index is 11.8. The van der Waals surface area contributed by atoms with Gasteiger partial charge in [-0.3, -0.25) is 9.59 Å². The summed E-state index contributed by atoms with van der Waals surface area (Å²) < 4.78 is 3.41. The second-order valence-corrected chi connectivity index (χ2v) is 6.57. The van der Waals surface area contributed by atoms with Crippen molar-refractivity contribution in [3.8, 4) is 5.75 Å². The highest BCUT2D eigenvalue weighted by Gasteiger charge is 2.32. The molecule has 108 valence electrons. The van der Waals surface area contributed by atoms with Gasteiger partial charge in [-0.05, 0) is 25.1 Å². The van der Waals surface area contributed by atoms with Gasteiger partial charge in [0.15, 0.2) is 6.10 Å². The Balaban J connectivity index is 2.29. The first-order valence-corrected chi connectivity index (χ1v) is 6.80. The van der Waals surface area contributed by atoms with Crippen molar-refractivity contribution in [1.29, 1.82) is 0 Å². The molecule has 0 bridgehead atoms. The fraction of sp³-hybridized carbons (Fsp3) is 0.333. The number of carbonyl (C=O) groups is 2. The van der Waals surface area contributed by atoms with Gasteiger partial charge in [0.05, 0.1) is 5.69 Å². The molecule has 20 heavy (non-hydrogen) atoms. The number of carbonyl (C=O) groups excluding carboxylic acids is 2. The topological polar surface area (TPSA) is 58.6 Å². The SMILES string of the molecule is CC1Oc2ccc(NC(=O)C(Cl)(Cl)Cl)cc2N(C)C1=O. The van der Waals surface area contributed by atoms with E-state index < -0.39 is 15.8 Å². The molecule has 0 saturated heterocycles. The number of benzene rings is 1. The molecule has 1 aliphatic rings. The van der Waals surface area contributed by atoms with Crippen LogP contribution in [0.1, 0.15) is 6.92 Å². The molecular weight excluding hydrogens is 327 g/mol. The Bertz CT molecular complexity index is 572. The van der Waals surface area contributed by atoms with Gasteiger partial charge in [-0.15, -0.1) is 0 Å². The van der Waals surface area contributed by atoms with Crippen LogP contribution in [-0.4, -0.2) is 28.8 Å². The predicted molar refractivity (Wildman–Crippen MR) is 78.9 cm³/mol. The molecule has 2 rings (SSSR count). The third-order valence-electron chi connectivity index (χ3n) is 2.82. The molecule has 1 N–H and O–H groups in total. The minimum atomic E-state index is -2.05. The molecule has 1 atom stereocenters. The average molecular weight is 338 g/mol. The van der Waals surface area contributed by atoms with Crippen LogP contribution < -0.4 is 15.0 Å². The number of anilines is 2. The minimum Gasteiger partial charge on any atom is -0.479 e. The molecular formula is C12H11Cl3N2O3. The van der Waals surface area contributed by atoms with Crippen molar-refractivity contribution in [1.82, 2.24) is 0 Å². The van der Waals surface area contributed by atoms with E-state index in [0.717, 1.165) is 0 Å². The summed E-state index contributed by atoms with van der Waals surface area (Å²) in [6.07, 6.45) is -0.547. The average Bonchev–Trinajstić information content (AvgIpc) is 2.36. The summed E-state index contributed by atoms with van der Waals surface area (Å²) in [5, 5.41) is 2.45. The van der Waals surface area contributed by atoms with Crippen LogP contribution in [0.2, 0.25) is 0 Å². The maximum absolute atomic E-state index is 11.8. The highest BCUT2D eigenvalue weighted by molar-refractivity contribution is 6.76. The van der Waals surface area contributed by atoms with Crippen LogP contribution in [0.25, 0.3) is 0 Å². The first kappa shape index (κ1) is 15.2. The van der Waals surface area contributed by atoms with Crippen molar-refractivity contribution >= 4 is 58.0 Å². The van der Waals surface area contributed by atoms with Gasteiger partial charge >= 0.3 is 0 Å². The van der Waals surface area contributed by atoms with Crippen molar-refractivity contribution in [2.24, 2.45) is 0 Å². The van der Waals surface area contributed by atoms with Crippen molar-refractivity contribution in [3.05, 3.63) is 18.2 Å². The molecule has 0 radical (unpaired) electrons. The number of ether oxygens (including phenoxy) is 1. The van der Waals surface area contributed by atoms with Crippen molar-refractivity contribution in [2.45, 2.75) is 16.8 Å². The van der Waals surface area contributed by atoms with Crippen LogP contribution in [0.15, 0.2) is 18.2 Å². The van der Waals surface area contributed by atoms with Crippen LogP contribution in [0.3, 0.4) is 0 Å². The summed E-state index contributed by atoms with van der Waals surface area (Å²) in [6, 6.07) is 4.82. The number of alkyl halides is 3. The van der Waals surface area contributed by atoms with E-state index in [4.69, 9.17) is 39.5 Å². The third kappa shape index (κ3) is 2.95. The van der Waals surface area contributed by atoms with E-state index in [-0.39, 0.29) is 5.91 Å². The molecule has 1 unspecified atom stereocenters. The standard InChI is InChI=1S/C12H11Cl3N2O3/c1-6-10(18)17(2)8-5-7(3-4-9(8)20-6)16-11(19)12(13,14)15/h3-6H,1-2H3,(H,16,19). The summed E-state index contributed by atoms with van der Waals surface area (Å²) in [5.41, 5.74) is 0.938. The van der Waals surface area contributed by atoms with Gasteiger partial charge in [-0.25, -0.2) is 0 Å². The Morgan fingerprint density at radius 3 is 2.65 bits per heavy atom. The summed E-state index contributed by atoms with van der Waals surface area (Å²) in [7, 11) is 1.63. The molecule has 2 amide bonds. The molecule has 0 aromatic heterocycles. The number of hydrogen-bond acceptors (Lipinski definition) is 3. The molecule has 1 aromatic rings. The molecule has 0 aliphatic carbocycles. The Morgan fingerprint density at radius 1 is 1.40 bits per heavy atom. The van der Waals surface area contributed by atoms with Gasteiger partial charge in [-0.1, -0.05) is 34.8 Å². The predicted octanol–water partition coefficient (Wildman–Crippen LogP) is 2.74. The fourth-order valence-electron chi connectivity index (χ4n) is 1.79. The zero-order valence-corrected chi connectivity index (χ0v) is 12.9. The first-order chi connectivity index (χ1) is 9.20. The van der Waals surface area contributed by atoms with Gasteiger partial charge in [0, 0.05) is 12.7 Å². The maximum Gasteiger partial charge on any atom is 0.276 e. The lowest BCUT2D eigenvalue weighted by Crippen LogP contribution is -2.42. The molecule has 0 fully saturated rings. The second kappa shape index (κ2) is 5.31. The largest absolute Gasteiger partial charge is 0.479 e. The monoisotopic (exact) mass is 336 g/mol. The van der Waals surface area contributed by atoms with E-state index in [0.29, 0.717) is 17.1 Å². The molecule has 8 heteroatoms. The number of nitrogens with zero attached hydrogens (tertiary/aromatic N) is 1. The Kier molecular flexibility index (Phi) is 4.04. The number of amides is 2. The smallest absolute Gasteiger partial charge is 0.276 e. The number of fused-ring (bicyclic) bond motifs is 1. The number of halogens is 3. The zero-order chi connectivity index (χ0) is 15.1. The third-order valence-corrected chi connectivity index (χ3v) is 3.33. The van der Waals surface area contributed by atoms with Gasteiger partial charge in [0.1, 0.15) is 5.75 Å². The van der Waals surface area contributed by atoms with E-state index in [2.05, 4.69) is 5.32 Å². The summed E-state index contributed by atoms with van der Waals surface area (Å²) in [6.45, 7) is 1.67. The van der Waals surface area contributed by atoms with E-state index >= 15 is 0 Å². The first-order valence-electron chi connectivity index (χ1n) is 5.66. The molecule has 1 aliphatic heterocycles. The van der Waals surface area contributed by atoms with Gasteiger partial charge in [0.2, 0.25) is 0 Å². The molecule has 0 spiro atoms. The van der Waals surface area contributed by atoms with Crippen LogP contribution in [0, 0.1) is 0 Å². The van der Waals surface area contributed by atoms with Crippen molar-refractivity contribution in [2.75, 3.05) is 17.3 Å². The highest BCUT2D eigenvalue weighted by Crippen LogP contribution is 2.36. The minimum absolute atomic E-state index is 0.178. The lowest BCUT2D eigenvalue weighted by atomic mass is 10.2. The second-order valence-electron chi connectivity index (χ2n) is 4.29. The molecule has 0 saturated carbocycles. The summed E-state index contributed by atoms with van der Waals surface area (Å²) >= 11 is 16.4. The van der Waals surface area contributed by atoms with Gasteiger partial charge in [-0.2, -0.15) is 0 Å². The molecule has 5 nitrogen and oxygen atoms in total. The fourth-order valence-corrected chi connectivity index (χ4v) is 1.93. The highest BCUT2D eigenvalue weighted by atomic mass is 35.6. The summed E-state index contributed by atoms with van der Waals surface area (Å²) in [5.74, 6) is -0.407. The number of nitrogens with one attached hydrogen (secondary N) is 1. The van der Waals surface area contributed by atoms with E-state index in [1.165, 1.54) is 4.90 Å². The van der Waals surface area contributed by atoms with E-state index in [9.17, 15) is 9.59 Å². The number of likely N-dealkylation sites (N-methyl/N-ethyl adjacent to an activating group) is 1. The number of rotatable bonds is 1. The Morgan fingerprint density at radius 2 is 2.05 bits per heavy atom. The van der Waals surface area contributed by atoms with Crippen molar-refractivity contribution < 1.29 is 14.3 Å². The lowest BCUT2D eigenvalue weighted by molar-refractivity contribution is -0.125.